The highest BCUT2D eigenvalue weighted by Gasteiger charge is 2.48. The van der Waals surface area contributed by atoms with Crippen molar-refractivity contribution in [2.45, 2.75) is 113 Å². The summed E-state index contributed by atoms with van der Waals surface area (Å²) in [5.74, 6) is 0. The molecule has 3 fully saturated rings. The van der Waals surface area contributed by atoms with Crippen molar-refractivity contribution in [1.29, 1.82) is 0 Å². The van der Waals surface area contributed by atoms with Crippen LogP contribution in [0.1, 0.15) is 96.3 Å². The van der Waals surface area contributed by atoms with Gasteiger partial charge in [-0.25, -0.2) is 0 Å². The number of rotatable bonds is 3. The highest BCUT2D eigenvalue weighted by molar-refractivity contribution is 7.75. The molecule has 3 saturated carbocycles. The van der Waals surface area contributed by atoms with Crippen molar-refractivity contribution in [3.05, 3.63) is 0 Å². The van der Waals surface area contributed by atoms with E-state index in [4.69, 9.17) is 6.30 Å². The standard InChI is InChI=1S/C19H34P/c1-20(17-11-5-2-6-12-17,18-13-7-3-8-14-18)19-15-9-4-10-16-19/h1,17-19H,2-16H2/q+1. The minimum atomic E-state index is -1.20. The average molecular weight is 293 g/mol. The summed E-state index contributed by atoms with van der Waals surface area (Å²) in [5.41, 5.74) is 2.88. The van der Waals surface area contributed by atoms with E-state index in [9.17, 15) is 0 Å². The molecule has 0 spiro atoms. The minimum absolute atomic E-state index is 0.961. The van der Waals surface area contributed by atoms with Crippen molar-refractivity contribution in [3.63, 3.8) is 0 Å². The second-order valence-corrected chi connectivity index (χ2v) is 11.7. The molecule has 114 valence electrons. The van der Waals surface area contributed by atoms with E-state index in [0.717, 1.165) is 17.0 Å². The number of hydrogen-bond donors (Lipinski definition) is 0. The van der Waals surface area contributed by atoms with Crippen LogP contribution >= 0.6 is 6.89 Å². The SMILES string of the molecule is [CH+]=P(C1CCCCC1)(C1CCCCC1)C1CCCCC1. The summed E-state index contributed by atoms with van der Waals surface area (Å²) in [6.45, 7) is -1.20. The maximum absolute atomic E-state index is 7.43. The zero-order valence-electron chi connectivity index (χ0n) is 13.4. The maximum Gasteiger partial charge on any atom is 0.180 e. The van der Waals surface area contributed by atoms with Crippen LogP contribution in [0.4, 0.5) is 0 Å². The second-order valence-electron chi connectivity index (χ2n) is 7.77. The third-order valence-corrected chi connectivity index (χ3v) is 12.0. The fourth-order valence-corrected chi connectivity index (χ4v) is 11.0. The Labute approximate surface area is 127 Å². The average Bonchev–Trinajstić information content (AvgIpc) is 2.56. The van der Waals surface area contributed by atoms with Crippen LogP contribution in [0.2, 0.25) is 0 Å². The topological polar surface area (TPSA) is 0 Å². The third-order valence-electron chi connectivity index (χ3n) is 6.62. The van der Waals surface area contributed by atoms with Crippen molar-refractivity contribution in [3.8, 4) is 0 Å². The Morgan fingerprint density at radius 3 is 0.950 bits per heavy atom. The van der Waals surface area contributed by atoms with Gasteiger partial charge < -0.3 is 0 Å². The van der Waals surface area contributed by atoms with Crippen LogP contribution in [0.3, 0.4) is 0 Å². The molecular weight excluding hydrogens is 259 g/mol. The zero-order valence-corrected chi connectivity index (χ0v) is 14.3. The Bertz CT molecular complexity index is 275. The largest absolute Gasteiger partial charge is 0.180 e. The lowest BCUT2D eigenvalue weighted by atomic mass is 9.99. The van der Waals surface area contributed by atoms with Crippen LogP contribution < -0.4 is 0 Å². The summed E-state index contributed by atoms with van der Waals surface area (Å²) in [6, 6.07) is 0. The van der Waals surface area contributed by atoms with E-state index in [0.29, 0.717) is 0 Å². The quantitative estimate of drug-likeness (QED) is 0.422. The molecule has 0 nitrogen and oxygen atoms in total. The number of hydrogen-bond acceptors (Lipinski definition) is 0. The summed E-state index contributed by atoms with van der Waals surface area (Å²) >= 11 is 0. The van der Waals surface area contributed by atoms with E-state index < -0.39 is 6.89 Å². The molecule has 0 aliphatic heterocycles. The monoisotopic (exact) mass is 293 g/mol. The van der Waals surface area contributed by atoms with Crippen molar-refractivity contribution >= 4 is 13.2 Å². The first kappa shape index (κ1) is 15.1. The van der Waals surface area contributed by atoms with Crippen LogP contribution in [-0.2, 0) is 0 Å². The Morgan fingerprint density at radius 2 is 0.700 bits per heavy atom. The molecule has 0 bridgehead atoms. The van der Waals surface area contributed by atoms with Gasteiger partial charge in [-0.05, 0) is 38.5 Å². The van der Waals surface area contributed by atoms with Gasteiger partial charge in [-0.2, -0.15) is 0 Å². The third kappa shape index (κ3) is 3.03. The van der Waals surface area contributed by atoms with Crippen molar-refractivity contribution in [1.82, 2.24) is 0 Å². The van der Waals surface area contributed by atoms with Gasteiger partial charge in [0.1, 0.15) is 6.89 Å². The molecule has 3 rings (SSSR count). The van der Waals surface area contributed by atoms with Gasteiger partial charge in [0.15, 0.2) is 6.30 Å². The molecular formula is C19H34P+. The van der Waals surface area contributed by atoms with Gasteiger partial charge in [0, 0.05) is 17.0 Å². The Balaban J connectivity index is 1.81. The molecule has 0 aromatic carbocycles. The van der Waals surface area contributed by atoms with E-state index in [1.54, 1.807) is 0 Å². The summed E-state index contributed by atoms with van der Waals surface area (Å²) in [6.07, 6.45) is 29.6. The van der Waals surface area contributed by atoms with E-state index in [-0.39, 0.29) is 0 Å². The van der Waals surface area contributed by atoms with E-state index >= 15 is 0 Å². The lowest BCUT2D eigenvalue weighted by Gasteiger charge is -2.42. The first-order valence-electron chi connectivity index (χ1n) is 9.48. The van der Waals surface area contributed by atoms with Crippen LogP contribution in [0.25, 0.3) is 0 Å². The van der Waals surface area contributed by atoms with Gasteiger partial charge in [0.2, 0.25) is 0 Å². The van der Waals surface area contributed by atoms with Crippen LogP contribution in [0.15, 0.2) is 0 Å². The lowest BCUT2D eigenvalue weighted by Crippen LogP contribution is -2.31. The summed E-state index contributed by atoms with van der Waals surface area (Å²) < 4.78 is 0. The smallest absolute Gasteiger partial charge is 0.0533 e. The highest BCUT2D eigenvalue weighted by atomic mass is 31.2. The predicted molar refractivity (Wildman–Crippen MR) is 93.6 cm³/mol. The normalized spacial score (nSPS) is 28.6. The minimum Gasteiger partial charge on any atom is -0.0533 e. The lowest BCUT2D eigenvalue weighted by molar-refractivity contribution is 0.458. The highest BCUT2D eigenvalue weighted by Crippen LogP contribution is 2.67. The van der Waals surface area contributed by atoms with Gasteiger partial charge >= 0.3 is 0 Å². The zero-order chi connectivity index (χ0) is 13.8. The van der Waals surface area contributed by atoms with E-state index in [1.807, 2.05) is 0 Å². The Kier molecular flexibility index (Phi) is 5.28. The Morgan fingerprint density at radius 1 is 0.450 bits per heavy atom. The summed E-state index contributed by atoms with van der Waals surface area (Å²) in [4.78, 5) is 0. The first-order valence-corrected chi connectivity index (χ1v) is 11.5. The molecule has 3 aliphatic rings. The molecule has 0 aromatic rings. The summed E-state index contributed by atoms with van der Waals surface area (Å²) in [5, 5.41) is 0. The van der Waals surface area contributed by atoms with E-state index in [1.165, 1.54) is 96.3 Å². The van der Waals surface area contributed by atoms with Gasteiger partial charge in [-0.15, -0.1) is 0 Å². The molecule has 20 heavy (non-hydrogen) atoms. The Hall–Kier alpha value is 0.210. The molecule has 0 atom stereocenters. The fourth-order valence-electron chi connectivity index (χ4n) is 5.48. The first-order chi connectivity index (χ1) is 9.82. The molecule has 0 unspecified atom stereocenters. The second kappa shape index (κ2) is 6.98. The molecule has 0 aromatic heterocycles. The van der Waals surface area contributed by atoms with Gasteiger partial charge in [0.05, 0.1) is 0 Å². The van der Waals surface area contributed by atoms with Gasteiger partial charge in [-0.3, -0.25) is 0 Å². The van der Waals surface area contributed by atoms with Crippen LogP contribution in [0, 0.1) is 0 Å². The van der Waals surface area contributed by atoms with Crippen molar-refractivity contribution in [2.75, 3.05) is 0 Å². The molecule has 1 heteroatoms. The maximum atomic E-state index is 7.43. The molecule has 0 radical (unpaired) electrons. The van der Waals surface area contributed by atoms with E-state index in [2.05, 4.69) is 0 Å². The van der Waals surface area contributed by atoms with Crippen LogP contribution in [0.5, 0.6) is 0 Å². The molecule has 0 N–H and O–H groups in total. The van der Waals surface area contributed by atoms with Gasteiger partial charge in [0.25, 0.3) is 0 Å². The molecule has 0 amide bonds. The fraction of sp³-hybridized carbons (Fsp3) is 0.947. The summed E-state index contributed by atoms with van der Waals surface area (Å²) in [7, 11) is 0. The van der Waals surface area contributed by atoms with Crippen molar-refractivity contribution in [2.24, 2.45) is 0 Å². The molecule has 0 heterocycles. The predicted octanol–water partition coefficient (Wildman–Crippen LogP) is 6.31. The van der Waals surface area contributed by atoms with Crippen molar-refractivity contribution < 1.29 is 0 Å². The van der Waals surface area contributed by atoms with Crippen LogP contribution in [-0.4, -0.2) is 23.3 Å². The molecule has 3 aliphatic carbocycles. The van der Waals surface area contributed by atoms with Gasteiger partial charge in [-0.1, -0.05) is 57.8 Å². The molecule has 0 saturated heterocycles.